The number of fused-ring (bicyclic) bond motifs is 1. The summed E-state index contributed by atoms with van der Waals surface area (Å²) in [6, 6.07) is 5.01. The van der Waals surface area contributed by atoms with Crippen LogP contribution in [0.1, 0.15) is 10.4 Å². The van der Waals surface area contributed by atoms with E-state index in [1.54, 1.807) is 18.2 Å². The van der Waals surface area contributed by atoms with Crippen LogP contribution in [0.3, 0.4) is 0 Å². The van der Waals surface area contributed by atoms with E-state index in [1.165, 1.54) is 13.3 Å². The Balaban J connectivity index is 2.59. The zero-order valence-corrected chi connectivity index (χ0v) is 8.10. The van der Waals surface area contributed by atoms with Crippen LogP contribution in [0.4, 0.5) is 5.82 Å². The lowest BCUT2D eigenvalue weighted by Crippen LogP contribution is -2.02. The van der Waals surface area contributed by atoms with Crippen LogP contribution in [0.15, 0.2) is 24.4 Å². The van der Waals surface area contributed by atoms with E-state index >= 15 is 0 Å². The predicted octanol–water partition coefficient (Wildman–Crippen LogP) is 0.999. The molecule has 2 N–H and O–H groups in total. The molecule has 0 unspecified atom stereocenters. The van der Waals surface area contributed by atoms with Crippen LogP contribution in [0.25, 0.3) is 11.0 Å². The van der Waals surface area contributed by atoms with Crippen molar-refractivity contribution in [3.8, 4) is 0 Å². The van der Waals surface area contributed by atoms with Gasteiger partial charge in [-0.05, 0) is 18.2 Å². The summed E-state index contributed by atoms with van der Waals surface area (Å²) in [5, 5.41) is 0. The van der Waals surface area contributed by atoms with E-state index < -0.39 is 5.97 Å². The van der Waals surface area contributed by atoms with Gasteiger partial charge in [0.25, 0.3) is 0 Å². The third kappa shape index (κ3) is 1.71. The van der Waals surface area contributed by atoms with Gasteiger partial charge in [-0.25, -0.2) is 9.78 Å². The molecule has 0 saturated heterocycles. The van der Waals surface area contributed by atoms with Crippen molar-refractivity contribution in [3.63, 3.8) is 0 Å². The molecule has 0 aliphatic carbocycles. The molecule has 15 heavy (non-hydrogen) atoms. The lowest BCUT2D eigenvalue weighted by Gasteiger charge is -2.01. The molecule has 5 heteroatoms. The number of nitrogens with zero attached hydrogens (tertiary/aromatic N) is 2. The fourth-order valence-electron chi connectivity index (χ4n) is 1.25. The molecule has 2 rings (SSSR count). The van der Waals surface area contributed by atoms with E-state index in [2.05, 4.69) is 14.7 Å². The number of nitrogens with two attached hydrogens (primary N) is 1. The molecule has 2 aromatic rings. The predicted molar refractivity (Wildman–Crippen MR) is 55.3 cm³/mol. The molecule has 5 nitrogen and oxygen atoms in total. The largest absolute Gasteiger partial charge is 0.465 e. The van der Waals surface area contributed by atoms with E-state index in [0.717, 1.165) is 0 Å². The van der Waals surface area contributed by atoms with E-state index in [1.807, 2.05) is 0 Å². The maximum atomic E-state index is 11.2. The lowest BCUT2D eigenvalue weighted by atomic mass is 10.2. The SMILES string of the molecule is COC(=O)c1cnc2ccc(N)nc2c1. The molecule has 0 aliphatic heterocycles. The van der Waals surface area contributed by atoms with Crippen molar-refractivity contribution in [2.75, 3.05) is 12.8 Å². The van der Waals surface area contributed by atoms with Gasteiger partial charge in [0.15, 0.2) is 0 Å². The first-order chi connectivity index (χ1) is 7.20. The van der Waals surface area contributed by atoms with Crippen molar-refractivity contribution in [1.29, 1.82) is 0 Å². The van der Waals surface area contributed by atoms with Gasteiger partial charge in [-0.2, -0.15) is 0 Å². The van der Waals surface area contributed by atoms with Crippen molar-refractivity contribution >= 4 is 22.8 Å². The molecule has 76 valence electrons. The number of hydrogen-bond donors (Lipinski definition) is 1. The van der Waals surface area contributed by atoms with Gasteiger partial charge >= 0.3 is 5.97 Å². The second kappa shape index (κ2) is 3.53. The van der Waals surface area contributed by atoms with Gasteiger partial charge in [-0.3, -0.25) is 4.98 Å². The molecular weight excluding hydrogens is 194 g/mol. The quantitative estimate of drug-likeness (QED) is 0.699. The fraction of sp³-hybridized carbons (Fsp3) is 0.100. The molecule has 0 saturated carbocycles. The highest BCUT2D eigenvalue weighted by molar-refractivity contribution is 5.92. The molecule has 0 spiro atoms. The first-order valence-electron chi connectivity index (χ1n) is 4.31. The fourth-order valence-corrected chi connectivity index (χ4v) is 1.25. The third-order valence-corrected chi connectivity index (χ3v) is 1.98. The maximum Gasteiger partial charge on any atom is 0.339 e. The Hall–Kier alpha value is -2.17. The Morgan fingerprint density at radius 2 is 2.20 bits per heavy atom. The first-order valence-corrected chi connectivity index (χ1v) is 4.31. The second-order valence-corrected chi connectivity index (χ2v) is 2.99. The summed E-state index contributed by atoms with van der Waals surface area (Å²) in [7, 11) is 1.32. The molecule has 0 fully saturated rings. The average Bonchev–Trinajstić information content (AvgIpc) is 2.27. The molecule has 0 radical (unpaired) electrons. The third-order valence-electron chi connectivity index (χ3n) is 1.98. The Kier molecular flexibility index (Phi) is 2.21. The zero-order chi connectivity index (χ0) is 10.8. The van der Waals surface area contributed by atoms with Gasteiger partial charge in [0.2, 0.25) is 0 Å². The summed E-state index contributed by atoms with van der Waals surface area (Å²) in [5.74, 6) is -0.0417. The highest BCUT2D eigenvalue weighted by Crippen LogP contribution is 2.13. The first kappa shape index (κ1) is 9.39. The van der Waals surface area contributed by atoms with Crippen molar-refractivity contribution in [1.82, 2.24) is 9.97 Å². The molecule has 0 aliphatic rings. The normalized spacial score (nSPS) is 10.2. The minimum atomic E-state index is -0.436. The van der Waals surface area contributed by atoms with Crippen LogP contribution < -0.4 is 5.73 Å². The van der Waals surface area contributed by atoms with Gasteiger partial charge in [-0.1, -0.05) is 0 Å². The summed E-state index contributed by atoms with van der Waals surface area (Å²) in [4.78, 5) is 19.4. The number of ether oxygens (including phenoxy) is 1. The van der Waals surface area contributed by atoms with E-state index in [9.17, 15) is 4.79 Å². The number of esters is 1. The van der Waals surface area contributed by atoms with E-state index in [-0.39, 0.29) is 0 Å². The summed E-state index contributed by atoms with van der Waals surface area (Å²) in [6.45, 7) is 0. The summed E-state index contributed by atoms with van der Waals surface area (Å²) < 4.78 is 4.58. The highest BCUT2D eigenvalue weighted by Gasteiger charge is 2.07. The zero-order valence-electron chi connectivity index (χ0n) is 8.10. The minimum Gasteiger partial charge on any atom is -0.465 e. The monoisotopic (exact) mass is 203 g/mol. The van der Waals surface area contributed by atoms with Gasteiger partial charge in [0.1, 0.15) is 5.82 Å². The van der Waals surface area contributed by atoms with Crippen LogP contribution in [0, 0.1) is 0 Å². The smallest absolute Gasteiger partial charge is 0.339 e. The standard InChI is InChI=1S/C10H9N3O2/c1-15-10(14)6-4-8-7(12-5-6)2-3-9(11)13-8/h2-5H,1H3,(H2,11,13). The number of anilines is 1. The van der Waals surface area contributed by atoms with Gasteiger partial charge < -0.3 is 10.5 Å². The number of carbonyl (C=O) groups is 1. The van der Waals surface area contributed by atoms with E-state index in [0.29, 0.717) is 22.4 Å². The Labute approximate surface area is 85.9 Å². The Bertz CT molecular complexity index is 525. The number of carbonyl (C=O) groups excluding carboxylic acids is 1. The number of pyridine rings is 2. The number of rotatable bonds is 1. The van der Waals surface area contributed by atoms with E-state index in [4.69, 9.17) is 5.73 Å². The molecule has 0 bridgehead atoms. The highest BCUT2D eigenvalue weighted by atomic mass is 16.5. The summed E-state index contributed by atoms with van der Waals surface area (Å²) in [6.07, 6.45) is 1.45. The molecule has 0 amide bonds. The minimum absolute atomic E-state index is 0.364. The Morgan fingerprint density at radius 1 is 1.40 bits per heavy atom. The van der Waals surface area contributed by atoms with Crippen molar-refractivity contribution < 1.29 is 9.53 Å². The van der Waals surface area contributed by atoms with Crippen LogP contribution in [0.5, 0.6) is 0 Å². The average molecular weight is 203 g/mol. The van der Waals surface area contributed by atoms with Crippen molar-refractivity contribution in [2.24, 2.45) is 0 Å². The molecule has 2 heterocycles. The van der Waals surface area contributed by atoms with Crippen molar-refractivity contribution in [2.45, 2.75) is 0 Å². The van der Waals surface area contributed by atoms with Crippen LogP contribution in [-0.4, -0.2) is 23.0 Å². The van der Waals surface area contributed by atoms with Crippen LogP contribution >= 0.6 is 0 Å². The topological polar surface area (TPSA) is 78.1 Å². The van der Waals surface area contributed by atoms with Crippen molar-refractivity contribution in [3.05, 3.63) is 30.0 Å². The maximum absolute atomic E-state index is 11.2. The van der Waals surface area contributed by atoms with Gasteiger partial charge in [0.05, 0.1) is 23.7 Å². The molecule has 0 aromatic carbocycles. The Morgan fingerprint density at radius 3 is 2.93 bits per heavy atom. The number of hydrogen-bond acceptors (Lipinski definition) is 5. The number of aromatic nitrogens is 2. The number of nitrogen functional groups attached to an aromatic ring is 1. The lowest BCUT2D eigenvalue weighted by molar-refractivity contribution is 0.0600. The number of methoxy groups -OCH3 is 1. The molecule has 2 aromatic heterocycles. The van der Waals surface area contributed by atoms with Crippen LogP contribution in [0.2, 0.25) is 0 Å². The molecule has 0 atom stereocenters. The van der Waals surface area contributed by atoms with Crippen LogP contribution in [-0.2, 0) is 4.74 Å². The van der Waals surface area contributed by atoms with Gasteiger partial charge in [-0.15, -0.1) is 0 Å². The molecular formula is C10H9N3O2. The second-order valence-electron chi connectivity index (χ2n) is 2.99. The summed E-state index contributed by atoms with van der Waals surface area (Å²) >= 11 is 0. The summed E-state index contributed by atoms with van der Waals surface area (Å²) in [5.41, 5.74) is 7.16. The van der Waals surface area contributed by atoms with Gasteiger partial charge in [0, 0.05) is 6.20 Å².